The van der Waals surface area contributed by atoms with E-state index in [0.29, 0.717) is 48.8 Å². The summed E-state index contributed by atoms with van der Waals surface area (Å²) in [6.45, 7) is 43.4. The maximum atomic E-state index is 5.86. The molecule has 0 aromatic heterocycles. The molecule has 384 valence electrons. The summed E-state index contributed by atoms with van der Waals surface area (Å²) in [5, 5.41) is 0. The summed E-state index contributed by atoms with van der Waals surface area (Å²) in [6, 6.07) is 0. The summed E-state index contributed by atoms with van der Waals surface area (Å²) in [5.41, 5.74) is 9.40. The maximum absolute atomic E-state index is 5.86. The van der Waals surface area contributed by atoms with Crippen LogP contribution in [0.15, 0.2) is 46.6 Å². The molecule has 4 saturated carbocycles. The summed E-state index contributed by atoms with van der Waals surface area (Å²) < 4.78 is 45.9. The molecular weight excluding hydrogens is 849 g/mol. The molecule has 0 amide bonds. The van der Waals surface area contributed by atoms with Crippen molar-refractivity contribution in [2.24, 2.45) is 65.0 Å². The minimum absolute atomic E-state index is 0.137. The molecule has 4 aliphatic heterocycles. The minimum Gasteiger partial charge on any atom is -0.355 e. The van der Waals surface area contributed by atoms with Crippen molar-refractivity contribution < 1.29 is 37.9 Å². The largest absolute Gasteiger partial charge is 0.355 e. The van der Waals surface area contributed by atoms with Crippen LogP contribution in [0.3, 0.4) is 0 Å². The van der Waals surface area contributed by atoms with Crippen molar-refractivity contribution in [2.75, 3.05) is 53.6 Å². The number of hydrogen-bond donors (Lipinski definition) is 0. The average molecular weight is 945 g/mol. The summed E-state index contributed by atoms with van der Waals surface area (Å²) in [4.78, 5) is 0. The molecule has 0 N–H and O–H groups in total. The minimum atomic E-state index is 0.137. The number of ether oxygens (including phenoxy) is 8. The Bertz CT molecular complexity index is 1770. The highest BCUT2D eigenvalue weighted by molar-refractivity contribution is 5.39. The van der Waals surface area contributed by atoms with Crippen LogP contribution in [0.4, 0.5) is 0 Å². The van der Waals surface area contributed by atoms with Gasteiger partial charge in [-0.15, -0.1) is 0 Å². The Morgan fingerprint density at radius 2 is 0.485 bits per heavy atom. The van der Waals surface area contributed by atoms with E-state index in [1.54, 1.807) is 22.3 Å². The summed E-state index contributed by atoms with van der Waals surface area (Å²) in [5.74, 6) is 0. The molecule has 0 spiro atoms. The van der Waals surface area contributed by atoms with E-state index < -0.39 is 0 Å². The number of hydrogen-bond acceptors (Lipinski definition) is 8. The molecule has 68 heavy (non-hydrogen) atoms. The second kappa shape index (κ2) is 17.1. The average Bonchev–Trinajstić information content (AvgIpc) is 3.86. The Morgan fingerprint density at radius 3 is 0.676 bits per heavy atom. The fraction of sp³-hybridized carbons (Fsp3) is 0.867. The fourth-order valence-electron chi connectivity index (χ4n) is 17.6. The van der Waals surface area contributed by atoms with Gasteiger partial charge < -0.3 is 37.9 Å². The van der Waals surface area contributed by atoms with Crippen LogP contribution < -0.4 is 0 Å². The Balaban J connectivity index is 0.000000113. The van der Waals surface area contributed by atoms with Gasteiger partial charge in [0, 0.05) is 21.7 Å². The fourth-order valence-corrected chi connectivity index (χ4v) is 17.6. The molecule has 0 bridgehead atoms. The topological polar surface area (TPSA) is 73.8 Å². The molecule has 0 aromatic rings. The maximum Gasteiger partial charge on any atom is 0.147 e. The first-order valence-corrected chi connectivity index (χ1v) is 27.3. The molecule has 0 unspecified atom stereocenters. The Morgan fingerprint density at radius 1 is 0.294 bits per heavy atom. The second-order valence-electron chi connectivity index (χ2n) is 28.5. The van der Waals surface area contributed by atoms with Crippen LogP contribution in [-0.2, 0) is 37.9 Å². The van der Waals surface area contributed by atoms with Crippen molar-refractivity contribution in [3.63, 3.8) is 0 Å². The lowest BCUT2D eigenvalue weighted by Crippen LogP contribution is -2.51. The molecule has 8 fully saturated rings. The summed E-state index contributed by atoms with van der Waals surface area (Å²) in [6.07, 6.45) is 26.3. The highest BCUT2D eigenvalue weighted by atomic mass is 16.7. The predicted molar refractivity (Wildman–Crippen MR) is 270 cm³/mol. The Labute approximate surface area is 413 Å². The van der Waals surface area contributed by atoms with Crippen LogP contribution in [-0.4, -0.2) is 78.0 Å². The van der Waals surface area contributed by atoms with Crippen LogP contribution in [0, 0.1) is 65.0 Å². The van der Waals surface area contributed by atoms with Gasteiger partial charge in [0.25, 0.3) is 0 Å². The molecule has 8 nitrogen and oxygen atoms in total. The van der Waals surface area contributed by atoms with Crippen molar-refractivity contribution in [3.8, 4) is 0 Å². The third-order valence-electron chi connectivity index (χ3n) is 23.0. The van der Waals surface area contributed by atoms with Gasteiger partial charge in [0.05, 0.1) is 50.8 Å². The summed E-state index contributed by atoms with van der Waals surface area (Å²) >= 11 is 0. The Kier molecular flexibility index (Phi) is 13.0. The molecule has 0 aromatic carbocycles. The lowest BCUT2D eigenvalue weighted by Gasteiger charge is -2.53. The third kappa shape index (κ3) is 7.52. The molecule has 4 heterocycles. The SMILES string of the molecule is CC1(C)CCC[C@@]2(C)C1=C[C@@H]1OCOC[C@@]12C.CC1(C)CCC[C@@]2(C)C1=C[C@H]1OCOC[C@]12C.CC1(C)CCC[C@]2(C)C1=C[C@@H]1OCOC[C@@]12C.CC1(C)CCC[C@]2(C)C1=C[C@H]1OCOC[C@]12C. The first-order chi connectivity index (χ1) is 31.6. The molecule has 4 saturated heterocycles. The van der Waals surface area contributed by atoms with E-state index in [1.165, 1.54) is 77.0 Å². The van der Waals surface area contributed by atoms with E-state index in [1.807, 2.05) is 0 Å². The number of rotatable bonds is 0. The number of fused-ring (bicyclic) bond motifs is 12. The van der Waals surface area contributed by atoms with Crippen molar-refractivity contribution in [1.29, 1.82) is 0 Å². The molecule has 8 aliphatic carbocycles. The normalized spacial score (nSPS) is 48.2. The van der Waals surface area contributed by atoms with E-state index >= 15 is 0 Å². The van der Waals surface area contributed by atoms with Gasteiger partial charge in [-0.3, -0.25) is 0 Å². The van der Waals surface area contributed by atoms with Crippen LogP contribution in [0.2, 0.25) is 0 Å². The van der Waals surface area contributed by atoms with Crippen molar-refractivity contribution in [1.82, 2.24) is 0 Å². The van der Waals surface area contributed by atoms with Gasteiger partial charge in [-0.2, -0.15) is 0 Å². The van der Waals surface area contributed by atoms with Crippen molar-refractivity contribution in [2.45, 2.75) is 212 Å². The van der Waals surface area contributed by atoms with Gasteiger partial charge in [0.2, 0.25) is 0 Å². The first-order valence-electron chi connectivity index (χ1n) is 27.3. The van der Waals surface area contributed by atoms with E-state index in [9.17, 15) is 0 Å². The zero-order chi connectivity index (χ0) is 49.2. The molecule has 12 aliphatic rings. The quantitative estimate of drug-likeness (QED) is 0.222. The van der Waals surface area contributed by atoms with Crippen LogP contribution in [0.5, 0.6) is 0 Å². The van der Waals surface area contributed by atoms with E-state index in [0.717, 1.165) is 26.4 Å². The monoisotopic (exact) mass is 945 g/mol. The van der Waals surface area contributed by atoms with Crippen LogP contribution in [0.1, 0.15) is 188 Å². The zero-order valence-electron chi connectivity index (χ0n) is 46.0. The second-order valence-corrected chi connectivity index (χ2v) is 28.5. The highest BCUT2D eigenvalue weighted by Gasteiger charge is 2.65. The molecule has 12 atom stereocenters. The molecule has 8 heteroatoms. The van der Waals surface area contributed by atoms with E-state index in [-0.39, 0.29) is 67.7 Å². The van der Waals surface area contributed by atoms with E-state index in [2.05, 4.69) is 135 Å². The van der Waals surface area contributed by atoms with Crippen molar-refractivity contribution in [3.05, 3.63) is 46.6 Å². The first kappa shape index (κ1) is 51.5. The molecule has 0 radical (unpaired) electrons. The van der Waals surface area contributed by atoms with Crippen molar-refractivity contribution >= 4 is 0 Å². The van der Waals surface area contributed by atoms with Gasteiger partial charge in [0.1, 0.15) is 27.2 Å². The molecular formula is C60H96O8. The standard InChI is InChI=1S/4C15H24O2/c4*1-13(2)6-5-7-14(3)11(13)8-12-15(14,4)9-16-10-17-12/h4*8,12H,5-7,9-10H2,1-4H3/t2*12-,14+,15-;2*12-,14-,15-/m1010/s1. The predicted octanol–water partition coefficient (Wildman–Crippen LogP) is 14.1. The smallest absolute Gasteiger partial charge is 0.147 e. The lowest BCUT2D eigenvalue weighted by atomic mass is 9.54. The lowest BCUT2D eigenvalue weighted by molar-refractivity contribution is -0.211. The van der Waals surface area contributed by atoms with Gasteiger partial charge in [-0.05, 0) is 94.7 Å². The van der Waals surface area contributed by atoms with Crippen LogP contribution in [0.25, 0.3) is 0 Å². The number of allylic oxidation sites excluding steroid dienone is 4. The third-order valence-corrected chi connectivity index (χ3v) is 23.0. The van der Waals surface area contributed by atoms with Gasteiger partial charge in [-0.1, -0.05) is 183 Å². The van der Waals surface area contributed by atoms with E-state index in [4.69, 9.17) is 37.9 Å². The highest BCUT2D eigenvalue weighted by Crippen LogP contribution is 2.69. The summed E-state index contributed by atoms with van der Waals surface area (Å²) in [7, 11) is 0. The van der Waals surface area contributed by atoms with Gasteiger partial charge in [-0.25, -0.2) is 0 Å². The van der Waals surface area contributed by atoms with Gasteiger partial charge >= 0.3 is 0 Å². The van der Waals surface area contributed by atoms with Gasteiger partial charge in [0.15, 0.2) is 0 Å². The zero-order valence-corrected chi connectivity index (χ0v) is 46.0. The Hall–Kier alpha value is -1.36. The molecule has 12 rings (SSSR count). The van der Waals surface area contributed by atoms with Crippen LogP contribution >= 0.6 is 0 Å².